The van der Waals surface area contributed by atoms with E-state index in [1.807, 2.05) is 0 Å². The third-order valence-electron chi connectivity index (χ3n) is 2.66. The molecule has 0 saturated carbocycles. The summed E-state index contributed by atoms with van der Waals surface area (Å²) in [5.41, 5.74) is 5.32. The van der Waals surface area contributed by atoms with Crippen LogP contribution in [-0.4, -0.2) is 34.4 Å². The van der Waals surface area contributed by atoms with Gasteiger partial charge in [-0.3, -0.25) is 0 Å². The van der Waals surface area contributed by atoms with Gasteiger partial charge in [-0.05, 0) is 18.6 Å². The highest BCUT2D eigenvalue weighted by Crippen LogP contribution is 2.17. The lowest BCUT2D eigenvalue weighted by Gasteiger charge is -2.09. The van der Waals surface area contributed by atoms with E-state index in [1.54, 1.807) is 0 Å². The molecule has 1 saturated heterocycles. The van der Waals surface area contributed by atoms with E-state index in [0.29, 0.717) is 5.76 Å². The molecule has 1 aliphatic rings. The third-order valence-corrected chi connectivity index (χ3v) is 5.82. The molecule has 2 rings (SSSR count). The Morgan fingerprint density at radius 1 is 1.44 bits per heavy atom. The van der Waals surface area contributed by atoms with E-state index >= 15 is 0 Å². The number of nitrogens with one attached hydrogen (secondary N) is 1. The lowest BCUT2D eigenvalue weighted by atomic mass is 10.3. The van der Waals surface area contributed by atoms with Crippen molar-refractivity contribution in [3.8, 4) is 0 Å². The molecular formula is C9H14N2O5S2. The SMILES string of the molecule is NCc1ccc(S(=O)(=O)NC2CCS(=O)(=O)C2)o1. The topological polar surface area (TPSA) is 119 Å². The molecule has 1 unspecified atom stereocenters. The van der Waals surface area contributed by atoms with Crippen LogP contribution in [0, 0.1) is 0 Å². The average Bonchev–Trinajstić information content (AvgIpc) is 2.84. The van der Waals surface area contributed by atoms with Crippen molar-refractivity contribution in [2.45, 2.75) is 24.1 Å². The molecule has 7 nitrogen and oxygen atoms in total. The van der Waals surface area contributed by atoms with Crippen LogP contribution in [0.25, 0.3) is 0 Å². The van der Waals surface area contributed by atoms with E-state index in [2.05, 4.69) is 4.72 Å². The minimum atomic E-state index is -3.82. The van der Waals surface area contributed by atoms with Gasteiger partial charge in [-0.15, -0.1) is 0 Å². The van der Waals surface area contributed by atoms with Gasteiger partial charge in [0.1, 0.15) is 5.76 Å². The van der Waals surface area contributed by atoms with Gasteiger partial charge < -0.3 is 10.2 Å². The predicted octanol–water partition coefficient (Wildman–Crippen LogP) is -0.796. The van der Waals surface area contributed by atoms with Crippen molar-refractivity contribution in [3.63, 3.8) is 0 Å². The van der Waals surface area contributed by atoms with E-state index in [4.69, 9.17) is 10.2 Å². The number of sulfone groups is 1. The first-order chi connectivity index (χ1) is 8.32. The normalized spacial score (nSPS) is 23.3. The Bertz CT molecular complexity index is 632. The molecule has 1 aromatic heterocycles. The fraction of sp³-hybridized carbons (Fsp3) is 0.556. The number of rotatable bonds is 4. The molecular weight excluding hydrogens is 280 g/mol. The van der Waals surface area contributed by atoms with Gasteiger partial charge in [-0.1, -0.05) is 0 Å². The number of furan rings is 1. The second kappa shape index (κ2) is 4.65. The van der Waals surface area contributed by atoms with Crippen molar-refractivity contribution in [2.24, 2.45) is 5.73 Å². The minimum absolute atomic E-state index is 0.00634. The minimum Gasteiger partial charge on any atom is -0.447 e. The zero-order chi connectivity index (χ0) is 13.4. The molecule has 18 heavy (non-hydrogen) atoms. The standard InChI is InChI=1S/C9H14N2O5S2/c10-5-8-1-2-9(16-8)18(14,15)11-7-3-4-17(12,13)6-7/h1-2,7,11H,3-6,10H2. The zero-order valence-electron chi connectivity index (χ0n) is 9.50. The number of sulfonamides is 1. The fourth-order valence-corrected chi connectivity index (χ4v) is 4.78. The third kappa shape index (κ3) is 2.91. The van der Waals surface area contributed by atoms with Crippen molar-refractivity contribution in [1.82, 2.24) is 4.72 Å². The molecule has 1 aliphatic heterocycles. The van der Waals surface area contributed by atoms with Crippen LogP contribution in [0.15, 0.2) is 21.6 Å². The lowest BCUT2D eigenvalue weighted by Crippen LogP contribution is -2.35. The molecule has 0 bridgehead atoms. The molecule has 1 fully saturated rings. The molecule has 0 aliphatic carbocycles. The smallest absolute Gasteiger partial charge is 0.274 e. The Morgan fingerprint density at radius 2 is 2.17 bits per heavy atom. The molecule has 0 spiro atoms. The Morgan fingerprint density at radius 3 is 2.67 bits per heavy atom. The molecule has 0 radical (unpaired) electrons. The Balaban J connectivity index is 2.13. The summed E-state index contributed by atoms with van der Waals surface area (Å²) in [6.45, 7) is 0.104. The van der Waals surface area contributed by atoms with Gasteiger partial charge in [0.2, 0.25) is 5.09 Å². The largest absolute Gasteiger partial charge is 0.447 e. The first kappa shape index (κ1) is 13.5. The van der Waals surface area contributed by atoms with Crippen molar-refractivity contribution in [1.29, 1.82) is 0 Å². The highest BCUT2D eigenvalue weighted by Gasteiger charge is 2.32. The fourth-order valence-electron chi connectivity index (χ4n) is 1.78. The summed E-state index contributed by atoms with van der Waals surface area (Å²) in [5.74, 6) is 0.192. The summed E-state index contributed by atoms with van der Waals surface area (Å²) in [5, 5.41) is -0.243. The maximum atomic E-state index is 11.9. The molecule has 2 heterocycles. The quantitative estimate of drug-likeness (QED) is 0.750. The van der Waals surface area contributed by atoms with E-state index in [9.17, 15) is 16.8 Å². The van der Waals surface area contributed by atoms with Crippen LogP contribution >= 0.6 is 0 Å². The molecule has 3 N–H and O–H groups in total. The zero-order valence-corrected chi connectivity index (χ0v) is 11.1. The van der Waals surface area contributed by atoms with Gasteiger partial charge in [-0.25, -0.2) is 21.6 Å². The Kier molecular flexibility index (Phi) is 3.49. The van der Waals surface area contributed by atoms with Crippen molar-refractivity contribution in [2.75, 3.05) is 11.5 Å². The molecule has 1 atom stereocenters. The van der Waals surface area contributed by atoms with Gasteiger partial charge >= 0.3 is 0 Å². The van der Waals surface area contributed by atoms with Crippen LogP contribution in [0.4, 0.5) is 0 Å². The summed E-state index contributed by atoms with van der Waals surface area (Å²) in [6, 6.07) is 2.18. The average molecular weight is 294 g/mol. The molecule has 1 aromatic rings. The van der Waals surface area contributed by atoms with Crippen LogP contribution < -0.4 is 10.5 Å². The number of hydrogen-bond acceptors (Lipinski definition) is 6. The molecule has 102 valence electrons. The maximum Gasteiger partial charge on any atom is 0.274 e. The number of hydrogen-bond donors (Lipinski definition) is 2. The Hall–Kier alpha value is -0.900. The van der Waals surface area contributed by atoms with E-state index < -0.39 is 25.9 Å². The van der Waals surface area contributed by atoms with Crippen molar-refractivity contribution in [3.05, 3.63) is 17.9 Å². The van der Waals surface area contributed by atoms with Crippen LogP contribution in [0.5, 0.6) is 0 Å². The van der Waals surface area contributed by atoms with Gasteiger partial charge in [0.15, 0.2) is 9.84 Å². The van der Waals surface area contributed by atoms with Crippen LogP contribution in [-0.2, 0) is 26.4 Å². The van der Waals surface area contributed by atoms with Gasteiger partial charge in [0.05, 0.1) is 18.1 Å². The maximum absolute atomic E-state index is 11.9. The monoisotopic (exact) mass is 294 g/mol. The summed E-state index contributed by atoms with van der Waals surface area (Å²) in [7, 11) is -6.95. The highest BCUT2D eigenvalue weighted by molar-refractivity contribution is 7.92. The lowest BCUT2D eigenvalue weighted by molar-refractivity contribution is 0.411. The molecule has 0 aromatic carbocycles. The summed E-state index contributed by atoms with van der Waals surface area (Å²) >= 11 is 0. The van der Waals surface area contributed by atoms with E-state index in [1.165, 1.54) is 12.1 Å². The van der Waals surface area contributed by atoms with Crippen molar-refractivity contribution >= 4 is 19.9 Å². The van der Waals surface area contributed by atoms with Gasteiger partial charge in [0, 0.05) is 6.04 Å². The second-order valence-electron chi connectivity index (χ2n) is 4.15. The number of nitrogens with two attached hydrogens (primary N) is 1. The van der Waals surface area contributed by atoms with Crippen molar-refractivity contribution < 1.29 is 21.3 Å². The summed E-state index contributed by atoms with van der Waals surface area (Å²) < 4.78 is 53.6. The first-order valence-corrected chi connectivity index (χ1v) is 8.64. The predicted molar refractivity (Wildman–Crippen MR) is 64.0 cm³/mol. The Labute approximate surface area is 105 Å². The second-order valence-corrected chi connectivity index (χ2v) is 8.02. The first-order valence-electron chi connectivity index (χ1n) is 5.34. The molecule has 0 amide bonds. The summed E-state index contributed by atoms with van der Waals surface area (Å²) in [4.78, 5) is 0. The van der Waals surface area contributed by atoms with Crippen LogP contribution in [0.1, 0.15) is 12.2 Å². The van der Waals surface area contributed by atoms with Crippen LogP contribution in [0.3, 0.4) is 0 Å². The summed E-state index contributed by atoms with van der Waals surface area (Å²) in [6.07, 6.45) is 0.284. The van der Waals surface area contributed by atoms with Gasteiger partial charge in [0.25, 0.3) is 10.0 Å². The van der Waals surface area contributed by atoms with Gasteiger partial charge in [-0.2, -0.15) is 0 Å². The van der Waals surface area contributed by atoms with E-state index in [0.717, 1.165) is 0 Å². The molecule has 9 heteroatoms. The highest BCUT2D eigenvalue weighted by atomic mass is 32.2. The van der Waals surface area contributed by atoms with Crippen LogP contribution in [0.2, 0.25) is 0 Å². The van der Waals surface area contributed by atoms with E-state index in [-0.39, 0.29) is 29.6 Å².